The fourth-order valence-electron chi connectivity index (χ4n) is 3.38. The Labute approximate surface area is 177 Å². The van der Waals surface area contributed by atoms with Gasteiger partial charge in [0.1, 0.15) is 23.2 Å². The van der Waals surface area contributed by atoms with E-state index in [0.717, 1.165) is 0 Å². The van der Waals surface area contributed by atoms with Gasteiger partial charge in [-0.3, -0.25) is 4.79 Å². The van der Waals surface area contributed by atoms with E-state index in [-0.39, 0.29) is 23.0 Å². The lowest BCUT2D eigenvalue weighted by Crippen LogP contribution is -2.32. The number of rotatable bonds is 6. The SMILES string of the molecule is COC(=O)C1=C(C(=O)c2ccc(OC)cc2)[C@@H](c2ccc(OC)cc2)n2nnnc2N1. The van der Waals surface area contributed by atoms with E-state index in [9.17, 15) is 9.59 Å². The summed E-state index contributed by atoms with van der Waals surface area (Å²) in [5, 5.41) is 14.5. The summed E-state index contributed by atoms with van der Waals surface area (Å²) < 4.78 is 16.8. The van der Waals surface area contributed by atoms with E-state index in [1.165, 1.54) is 11.8 Å². The van der Waals surface area contributed by atoms with Crippen molar-refractivity contribution in [1.29, 1.82) is 0 Å². The number of benzene rings is 2. The molecule has 0 amide bonds. The number of hydrogen-bond donors (Lipinski definition) is 1. The van der Waals surface area contributed by atoms with E-state index in [1.807, 2.05) is 0 Å². The van der Waals surface area contributed by atoms with Crippen LogP contribution in [0.3, 0.4) is 0 Å². The number of tetrazole rings is 1. The Kier molecular flexibility index (Phi) is 5.35. The van der Waals surface area contributed by atoms with Crippen molar-refractivity contribution in [3.05, 3.63) is 70.9 Å². The third-order valence-corrected chi connectivity index (χ3v) is 4.93. The van der Waals surface area contributed by atoms with Gasteiger partial charge in [-0.15, -0.1) is 0 Å². The van der Waals surface area contributed by atoms with Gasteiger partial charge in [0.05, 0.1) is 26.9 Å². The molecule has 10 heteroatoms. The zero-order valence-electron chi connectivity index (χ0n) is 17.0. The minimum absolute atomic E-state index is 0.0218. The molecule has 0 aliphatic carbocycles. The quantitative estimate of drug-likeness (QED) is 0.471. The Morgan fingerprint density at radius 2 is 1.55 bits per heavy atom. The van der Waals surface area contributed by atoms with Crippen molar-refractivity contribution in [2.75, 3.05) is 26.6 Å². The van der Waals surface area contributed by atoms with Crippen molar-refractivity contribution in [3.8, 4) is 11.5 Å². The number of ketones is 1. The number of esters is 1. The molecular weight excluding hydrogens is 402 g/mol. The number of ether oxygens (including phenoxy) is 3. The second kappa shape index (κ2) is 8.27. The first-order valence-electron chi connectivity index (χ1n) is 9.27. The predicted octanol–water partition coefficient (Wildman–Crippen LogP) is 2.02. The van der Waals surface area contributed by atoms with Crippen LogP contribution in [0.2, 0.25) is 0 Å². The van der Waals surface area contributed by atoms with Crippen LogP contribution >= 0.6 is 0 Å². The van der Waals surface area contributed by atoms with Gasteiger partial charge < -0.3 is 19.5 Å². The molecule has 2 heterocycles. The highest BCUT2D eigenvalue weighted by molar-refractivity contribution is 6.14. The summed E-state index contributed by atoms with van der Waals surface area (Å²) in [4.78, 5) is 26.2. The first-order chi connectivity index (χ1) is 15.1. The molecule has 10 nitrogen and oxygen atoms in total. The average molecular weight is 421 g/mol. The van der Waals surface area contributed by atoms with Crippen LogP contribution in [0.5, 0.6) is 11.5 Å². The summed E-state index contributed by atoms with van der Waals surface area (Å²) in [6.45, 7) is 0. The van der Waals surface area contributed by atoms with Gasteiger partial charge in [-0.1, -0.05) is 17.2 Å². The molecule has 3 aromatic rings. The molecule has 158 valence electrons. The lowest BCUT2D eigenvalue weighted by molar-refractivity contribution is -0.136. The Balaban J connectivity index is 1.90. The Morgan fingerprint density at radius 3 is 2.13 bits per heavy atom. The van der Waals surface area contributed by atoms with E-state index >= 15 is 0 Å². The molecule has 0 bridgehead atoms. The van der Waals surface area contributed by atoms with E-state index in [2.05, 4.69) is 20.8 Å². The van der Waals surface area contributed by atoms with Crippen LogP contribution in [0.15, 0.2) is 59.8 Å². The van der Waals surface area contributed by atoms with Crippen LogP contribution in [-0.2, 0) is 9.53 Å². The van der Waals surface area contributed by atoms with Crippen molar-refractivity contribution >= 4 is 17.7 Å². The maximum atomic E-state index is 13.6. The van der Waals surface area contributed by atoms with Crippen molar-refractivity contribution in [1.82, 2.24) is 20.2 Å². The number of nitrogens with one attached hydrogen (secondary N) is 1. The summed E-state index contributed by atoms with van der Waals surface area (Å²) in [5.74, 6) is 0.388. The van der Waals surface area contributed by atoms with Crippen molar-refractivity contribution in [3.63, 3.8) is 0 Å². The smallest absolute Gasteiger partial charge is 0.355 e. The second-order valence-electron chi connectivity index (χ2n) is 6.59. The molecule has 4 rings (SSSR count). The average Bonchev–Trinajstić information content (AvgIpc) is 3.30. The lowest BCUT2D eigenvalue weighted by atomic mass is 9.89. The fourth-order valence-corrected chi connectivity index (χ4v) is 3.38. The number of allylic oxidation sites excluding steroid dienone is 1. The molecule has 1 aromatic heterocycles. The Morgan fingerprint density at radius 1 is 0.935 bits per heavy atom. The van der Waals surface area contributed by atoms with Gasteiger partial charge >= 0.3 is 5.97 Å². The van der Waals surface area contributed by atoms with Crippen LogP contribution in [0.1, 0.15) is 22.0 Å². The summed E-state index contributed by atoms with van der Waals surface area (Å²) in [7, 11) is 4.35. The maximum absolute atomic E-state index is 13.6. The molecule has 2 aromatic carbocycles. The molecule has 1 aliphatic rings. The molecule has 0 unspecified atom stereocenters. The van der Waals surface area contributed by atoms with E-state index in [4.69, 9.17) is 14.2 Å². The normalized spacial score (nSPS) is 15.0. The van der Waals surface area contributed by atoms with Gasteiger partial charge in [-0.25, -0.2) is 4.79 Å². The molecule has 31 heavy (non-hydrogen) atoms. The summed E-state index contributed by atoms with van der Waals surface area (Å²) in [6, 6.07) is 12.9. The van der Waals surface area contributed by atoms with Crippen LogP contribution in [0, 0.1) is 0 Å². The van der Waals surface area contributed by atoms with E-state index < -0.39 is 12.0 Å². The number of Topliss-reactive ketones (excluding diaryl/α,β-unsaturated/α-hetero) is 1. The monoisotopic (exact) mass is 421 g/mol. The molecule has 0 spiro atoms. The van der Waals surface area contributed by atoms with E-state index in [1.54, 1.807) is 62.8 Å². The van der Waals surface area contributed by atoms with Crippen LogP contribution < -0.4 is 14.8 Å². The Bertz CT molecular complexity index is 1150. The molecule has 0 saturated heterocycles. The van der Waals surface area contributed by atoms with Crippen LogP contribution in [0.25, 0.3) is 0 Å². The number of carbonyl (C=O) groups is 2. The third-order valence-electron chi connectivity index (χ3n) is 4.93. The highest BCUT2D eigenvalue weighted by atomic mass is 16.5. The highest BCUT2D eigenvalue weighted by Gasteiger charge is 2.38. The molecular formula is C21H19N5O5. The van der Waals surface area contributed by atoms with Crippen molar-refractivity contribution in [2.24, 2.45) is 0 Å². The number of nitrogens with zero attached hydrogens (tertiary/aromatic N) is 4. The van der Waals surface area contributed by atoms with Crippen LogP contribution in [0.4, 0.5) is 5.95 Å². The number of hydrogen-bond acceptors (Lipinski definition) is 9. The second-order valence-corrected chi connectivity index (χ2v) is 6.59. The fraction of sp³-hybridized carbons (Fsp3) is 0.190. The maximum Gasteiger partial charge on any atom is 0.355 e. The van der Waals surface area contributed by atoms with Gasteiger partial charge in [0.2, 0.25) is 5.95 Å². The lowest BCUT2D eigenvalue weighted by Gasteiger charge is -2.28. The van der Waals surface area contributed by atoms with Gasteiger partial charge in [-0.05, 0) is 52.4 Å². The number of aromatic nitrogens is 4. The first-order valence-corrected chi connectivity index (χ1v) is 9.27. The summed E-state index contributed by atoms with van der Waals surface area (Å²) in [6.07, 6.45) is 0. The number of methoxy groups -OCH3 is 3. The third kappa shape index (κ3) is 3.59. The zero-order valence-corrected chi connectivity index (χ0v) is 17.0. The number of carbonyl (C=O) groups excluding carboxylic acids is 2. The molecule has 1 atom stereocenters. The molecule has 0 saturated carbocycles. The topological polar surface area (TPSA) is 117 Å². The Hall–Kier alpha value is -4.21. The first kappa shape index (κ1) is 20.1. The highest BCUT2D eigenvalue weighted by Crippen LogP contribution is 2.37. The van der Waals surface area contributed by atoms with Gasteiger partial charge in [0.15, 0.2) is 5.78 Å². The van der Waals surface area contributed by atoms with Gasteiger partial charge in [0, 0.05) is 5.56 Å². The zero-order chi connectivity index (χ0) is 22.0. The minimum Gasteiger partial charge on any atom is -0.497 e. The molecule has 1 N–H and O–H groups in total. The van der Waals surface area contributed by atoms with Gasteiger partial charge in [0.25, 0.3) is 0 Å². The van der Waals surface area contributed by atoms with Crippen molar-refractivity contribution < 1.29 is 23.8 Å². The van der Waals surface area contributed by atoms with Crippen LogP contribution in [-0.4, -0.2) is 53.3 Å². The van der Waals surface area contributed by atoms with Crippen molar-refractivity contribution in [2.45, 2.75) is 6.04 Å². The standard InChI is InChI=1S/C21H19N5O5/c1-29-14-8-4-12(5-9-14)18-16(19(27)13-6-10-15(30-2)11-7-13)17(20(28)31-3)22-21-23-24-25-26(18)21/h4-11,18H,1-3H3,(H,22,23,25)/t18-/m1/s1. The predicted molar refractivity (Wildman–Crippen MR) is 109 cm³/mol. The number of fused-ring (bicyclic) bond motifs is 1. The van der Waals surface area contributed by atoms with E-state index in [0.29, 0.717) is 22.6 Å². The van der Waals surface area contributed by atoms with Gasteiger partial charge in [-0.2, -0.15) is 4.68 Å². The molecule has 0 fully saturated rings. The number of anilines is 1. The largest absolute Gasteiger partial charge is 0.497 e. The minimum atomic E-state index is -0.763. The molecule has 0 radical (unpaired) electrons. The summed E-state index contributed by atoms with van der Waals surface area (Å²) >= 11 is 0. The summed E-state index contributed by atoms with van der Waals surface area (Å²) in [5.41, 5.74) is 1.19. The molecule has 1 aliphatic heterocycles.